The smallest absolute Gasteiger partial charge is 0.432 e. The van der Waals surface area contributed by atoms with Crippen LogP contribution in [0.4, 0.5) is 30.7 Å². The van der Waals surface area contributed by atoms with E-state index in [1.165, 1.54) is 0 Å². The molecule has 2 aromatic carbocycles. The predicted molar refractivity (Wildman–Crippen MR) is 137 cm³/mol. The van der Waals surface area contributed by atoms with E-state index < -0.39 is 53.1 Å². The van der Waals surface area contributed by atoms with Crippen molar-refractivity contribution in [1.29, 1.82) is 0 Å². The Kier molecular flexibility index (Phi) is 10.1. The summed E-state index contributed by atoms with van der Waals surface area (Å²) in [5.74, 6) is -6.52. The Morgan fingerprint density at radius 2 is 1.26 bits per heavy atom. The van der Waals surface area contributed by atoms with Crippen molar-refractivity contribution >= 4 is 5.97 Å². The van der Waals surface area contributed by atoms with Crippen LogP contribution in [0.25, 0.3) is 0 Å². The normalized spacial score (nSPS) is 23.5. The van der Waals surface area contributed by atoms with Gasteiger partial charge in [-0.1, -0.05) is 12.2 Å². The Bertz CT molecular complexity index is 1210. The van der Waals surface area contributed by atoms with Gasteiger partial charge in [0.15, 0.2) is 0 Å². The zero-order valence-electron chi connectivity index (χ0n) is 22.5. The van der Waals surface area contributed by atoms with Gasteiger partial charge in [0.1, 0.15) is 34.4 Å². The average Bonchev–Trinajstić information content (AvgIpc) is 2.92. The monoisotopic (exact) mass is 604 g/mol. The highest BCUT2D eigenvalue weighted by Gasteiger charge is 2.44. The number of ether oxygens (including phenoxy) is 3. The van der Waals surface area contributed by atoms with Crippen molar-refractivity contribution in [1.82, 2.24) is 0 Å². The number of halogens is 7. The van der Waals surface area contributed by atoms with Crippen LogP contribution in [0.3, 0.4) is 0 Å². The molecule has 0 spiro atoms. The van der Waals surface area contributed by atoms with Crippen LogP contribution >= 0.6 is 0 Å². The molecule has 0 heterocycles. The molecule has 2 aromatic rings. The number of rotatable bonds is 9. The second kappa shape index (κ2) is 13.4. The molecule has 2 aliphatic carbocycles. The summed E-state index contributed by atoms with van der Waals surface area (Å²) in [5.41, 5.74) is -1.18. The highest BCUT2D eigenvalue weighted by Crippen LogP contribution is 2.41. The topological polar surface area (TPSA) is 65.0 Å². The molecule has 4 rings (SSSR count). The summed E-state index contributed by atoms with van der Waals surface area (Å²) in [6.07, 6.45) is 0.887. The van der Waals surface area contributed by atoms with E-state index in [4.69, 9.17) is 9.47 Å². The van der Waals surface area contributed by atoms with Crippen LogP contribution in [-0.4, -0.2) is 30.2 Å². The molecular weight excluding hydrogens is 573 g/mol. The van der Waals surface area contributed by atoms with Gasteiger partial charge in [0.05, 0.1) is 5.92 Å². The molecule has 0 radical (unpaired) electrons. The van der Waals surface area contributed by atoms with Crippen molar-refractivity contribution < 1.29 is 54.8 Å². The minimum Gasteiger partial charge on any atom is -0.432 e. The van der Waals surface area contributed by atoms with Gasteiger partial charge in [0.2, 0.25) is 0 Å². The molecule has 2 fully saturated rings. The second-order valence-corrected chi connectivity index (χ2v) is 10.8. The summed E-state index contributed by atoms with van der Waals surface area (Å²) in [6, 6.07) is 4.40. The first-order valence-corrected chi connectivity index (χ1v) is 13.8. The number of aliphatic hydroxyl groups excluding tert-OH is 1. The molecule has 12 heteroatoms. The average molecular weight is 605 g/mol. The summed E-state index contributed by atoms with van der Waals surface area (Å²) < 4.78 is 109. The Morgan fingerprint density at radius 1 is 0.762 bits per heavy atom. The van der Waals surface area contributed by atoms with Crippen molar-refractivity contribution in [3.8, 4) is 17.2 Å². The summed E-state index contributed by atoms with van der Waals surface area (Å²) >= 11 is 0. The first kappa shape index (κ1) is 31.7. The minimum atomic E-state index is -4.94. The number of hydrogen-bond donors (Lipinski definition) is 1. The van der Waals surface area contributed by atoms with Crippen molar-refractivity contribution in [3.05, 3.63) is 65.7 Å². The van der Waals surface area contributed by atoms with E-state index in [9.17, 15) is 40.6 Å². The zero-order valence-corrected chi connectivity index (χ0v) is 22.5. The zero-order chi connectivity index (χ0) is 30.5. The number of carbonyl (C=O) groups excluding carboxylic acids is 1. The van der Waals surface area contributed by atoms with Crippen molar-refractivity contribution in [3.63, 3.8) is 0 Å². The minimum absolute atomic E-state index is 0.154. The summed E-state index contributed by atoms with van der Waals surface area (Å²) in [6.45, 7) is 0.206. The maximum Gasteiger partial charge on any atom is 0.573 e. The fraction of sp³-hybridized carbons (Fsp3) is 0.500. The molecule has 2 saturated carbocycles. The molecule has 0 saturated heterocycles. The van der Waals surface area contributed by atoms with Gasteiger partial charge in [0.25, 0.3) is 0 Å². The van der Waals surface area contributed by atoms with Crippen LogP contribution in [0.1, 0.15) is 61.7 Å². The van der Waals surface area contributed by atoms with Crippen LogP contribution in [0.15, 0.2) is 48.6 Å². The number of carbonyl (C=O) groups is 1. The predicted octanol–water partition coefficient (Wildman–Crippen LogP) is 8.22. The molecule has 5 nitrogen and oxygen atoms in total. The molecule has 2 aliphatic rings. The van der Waals surface area contributed by atoms with Crippen LogP contribution in [0.2, 0.25) is 0 Å². The Morgan fingerprint density at radius 3 is 1.76 bits per heavy atom. The van der Waals surface area contributed by atoms with E-state index in [0.717, 1.165) is 49.9 Å². The summed E-state index contributed by atoms with van der Waals surface area (Å²) in [5, 5.41) is 9.26. The molecule has 0 aromatic heterocycles. The third kappa shape index (κ3) is 8.62. The molecule has 1 N–H and O–H groups in total. The fourth-order valence-corrected chi connectivity index (χ4v) is 5.44. The maximum atomic E-state index is 14.9. The van der Waals surface area contributed by atoms with Gasteiger partial charge in [-0.05, 0) is 93.4 Å². The highest BCUT2D eigenvalue weighted by molar-refractivity contribution is 5.91. The fourth-order valence-electron chi connectivity index (χ4n) is 5.44. The molecular formula is C30H31F7O5. The van der Waals surface area contributed by atoms with E-state index in [0.29, 0.717) is 36.8 Å². The van der Waals surface area contributed by atoms with E-state index in [2.05, 4.69) is 16.9 Å². The largest absolute Gasteiger partial charge is 0.573 e. The third-order valence-electron chi connectivity index (χ3n) is 7.79. The number of alkyl halides is 5. The van der Waals surface area contributed by atoms with E-state index in [1.54, 1.807) is 0 Å². The van der Waals surface area contributed by atoms with Gasteiger partial charge in [-0.3, -0.25) is 0 Å². The van der Waals surface area contributed by atoms with Gasteiger partial charge in [-0.25, -0.2) is 13.6 Å². The lowest BCUT2D eigenvalue weighted by Crippen LogP contribution is -2.37. The first-order valence-electron chi connectivity index (χ1n) is 13.8. The van der Waals surface area contributed by atoms with Gasteiger partial charge >= 0.3 is 18.4 Å². The van der Waals surface area contributed by atoms with Gasteiger partial charge in [-0.15, -0.1) is 13.2 Å². The van der Waals surface area contributed by atoms with Crippen LogP contribution in [0, 0.1) is 35.3 Å². The number of aliphatic hydroxyl groups is 1. The molecule has 0 unspecified atom stereocenters. The van der Waals surface area contributed by atoms with Crippen LogP contribution in [-0.2, 0) is 0 Å². The molecule has 0 bridgehead atoms. The number of hydrogen-bond acceptors (Lipinski definition) is 5. The molecule has 0 aliphatic heterocycles. The quantitative estimate of drug-likeness (QED) is 0.135. The van der Waals surface area contributed by atoms with Crippen molar-refractivity contribution in [2.45, 2.75) is 63.8 Å². The SMILES string of the molecule is O=C(Oc1ccc(OC(F)(F)F)cc1)c1c(F)cc(OC(F)(F)C2CCC(/C=C/C3CCC(CO)CC3)CC2)cc1F. The lowest BCUT2D eigenvalue weighted by Gasteiger charge is -2.32. The van der Waals surface area contributed by atoms with Crippen LogP contribution < -0.4 is 14.2 Å². The standard InChI is InChI=1S/C30H31F7O5/c31-25-15-24(16-26(32)27(25)28(39)40-22-11-13-23(14-12-22)42-30(35,36)37)41-29(33,34)21-9-7-19(8-10-21)2-1-18-3-5-20(17-38)6-4-18/h1-2,11-16,18-21,38H,3-10,17H2/b2-1+. The van der Waals surface area contributed by atoms with Crippen molar-refractivity contribution in [2.75, 3.05) is 6.61 Å². The third-order valence-corrected chi connectivity index (χ3v) is 7.79. The Labute approximate surface area is 238 Å². The Balaban J connectivity index is 1.31. The lowest BCUT2D eigenvalue weighted by molar-refractivity contribution is -0.274. The number of benzene rings is 2. The first-order chi connectivity index (χ1) is 19.8. The lowest BCUT2D eigenvalue weighted by atomic mass is 9.79. The van der Waals surface area contributed by atoms with Crippen molar-refractivity contribution in [2.24, 2.45) is 23.7 Å². The number of allylic oxidation sites excluding steroid dienone is 2. The van der Waals surface area contributed by atoms with E-state index in [-0.39, 0.29) is 31.1 Å². The molecule has 0 amide bonds. The molecule has 0 atom stereocenters. The molecule has 42 heavy (non-hydrogen) atoms. The Hall–Kier alpha value is -3.28. The summed E-state index contributed by atoms with van der Waals surface area (Å²) in [4.78, 5) is 12.3. The number of esters is 1. The maximum absolute atomic E-state index is 14.9. The highest BCUT2D eigenvalue weighted by atomic mass is 19.4. The second-order valence-electron chi connectivity index (χ2n) is 10.8. The summed E-state index contributed by atoms with van der Waals surface area (Å²) in [7, 11) is 0. The van der Waals surface area contributed by atoms with Gasteiger partial charge in [0, 0.05) is 18.7 Å². The molecule has 230 valence electrons. The van der Waals surface area contributed by atoms with Gasteiger partial charge in [-0.2, -0.15) is 8.78 Å². The van der Waals surface area contributed by atoms with E-state index >= 15 is 0 Å². The van der Waals surface area contributed by atoms with Crippen LogP contribution in [0.5, 0.6) is 17.2 Å². The van der Waals surface area contributed by atoms with Gasteiger partial charge < -0.3 is 19.3 Å². The van der Waals surface area contributed by atoms with E-state index in [1.807, 2.05) is 0 Å².